The van der Waals surface area contributed by atoms with Gasteiger partial charge in [-0.1, -0.05) is 54.6 Å². The van der Waals surface area contributed by atoms with Crippen molar-refractivity contribution >= 4 is 17.8 Å². The summed E-state index contributed by atoms with van der Waals surface area (Å²) >= 11 is 0. The number of hydrogen-bond acceptors (Lipinski definition) is 4. The number of hydrogen-bond donors (Lipinski definition) is 0. The molecule has 0 aromatic heterocycles. The smallest absolute Gasteiger partial charge is 0.334 e. The maximum absolute atomic E-state index is 12.5. The van der Waals surface area contributed by atoms with Gasteiger partial charge in [0.2, 0.25) is 0 Å². The Kier molecular flexibility index (Phi) is 4.49. The Morgan fingerprint density at radius 1 is 0.750 bits per heavy atom. The normalized spacial score (nSPS) is 14.0. The molecule has 1 unspecified atom stereocenters. The summed E-state index contributed by atoms with van der Waals surface area (Å²) in [5.74, 6) is -1.27. The highest BCUT2D eigenvalue weighted by Gasteiger charge is 2.41. The second kappa shape index (κ2) is 7.12. The lowest BCUT2D eigenvalue weighted by Crippen LogP contribution is -2.44. The highest BCUT2D eigenvalue weighted by atomic mass is 16.5. The molecule has 1 heterocycles. The van der Waals surface area contributed by atoms with E-state index in [2.05, 4.69) is 0 Å². The lowest BCUT2D eigenvalue weighted by molar-refractivity contribution is -0.138. The van der Waals surface area contributed by atoms with Crippen molar-refractivity contribution in [3.8, 4) is 16.9 Å². The molecule has 28 heavy (non-hydrogen) atoms. The van der Waals surface area contributed by atoms with Gasteiger partial charge in [0.05, 0.1) is 11.1 Å². The summed E-state index contributed by atoms with van der Waals surface area (Å²) in [5, 5.41) is 0. The predicted molar refractivity (Wildman–Crippen MR) is 104 cm³/mol. The first kappa shape index (κ1) is 17.7. The van der Waals surface area contributed by atoms with Gasteiger partial charge in [0.25, 0.3) is 11.8 Å². The first-order valence-electron chi connectivity index (χ1n) is 8.90. The molecule has 1 aliphatic rings. The van der Waals surface area contributed by atoms with Gasteiger partial charge >= 0.3 is 5.97 Å². The minimum Gasteiger partial charge on any atom is -0.425 e. The molecule has 0 saturated heterocycles. The van der Waals surface area contributed by atoms with E-state index < -0.39 is 23.8 Å². The van der Waals surface area contributed by atoms with E-state index in [1.54, 1.807) is 36.4 Å². The van der Waals surface area contributed by atoms with Gasteiger partial charge in [0.1, 0.15) is 11.8 Å². The molecule has 0 radical (unpaired) electrons. The van der Waals surface area contributed by atoms with Crippen LogP contribution in [0.1, 0.15) is 27.6 Å². The van der Waals surface area contributed by atoms with Crippen LogP contribution in [0.2, 0.25) is 0 Å². The summed E-state index contributed by atoms with van der Waals surface area (Å²) in [6, 6.07) is 22.4. The van der Waals surface area contributed by atoms with Crippen LogP contribution in [0.3, 0.4) is 0 Å². The number of carbonyl (C=O) groups excluding carboxylic acids is 3. The van der Waals surface area contributed by atoms with Crippen LogP contribution in [-0.2, 0) is 4.79 Å². The molecule has 0 bridgehead atoms. The number of nitrogens with zero attached hydrogens (tertiary/aromatic N) is 1. The van der Waals surface area contributed by atoms with Crippen LogP contribution < -0.4 is 4.74 Å². The fraction of sp³-hybridized carbons (Fsp3) is 0.0870. The van der Waals surface area contributed by atoms with Crippen molar-refractivity contribution in [2.45, 2.75) is 13.0 Å². The molecule has 138 valence electrons. The zero-order valence-corrected chi connectivity index (χ0v) is 15.2. The van der Waals surface area contributed by atoms with Crippen molar-refractivity contribution < 1.29 is 19.1 Å². The predicted octanol–water partition coefficient (Wildman–Crippen LogP) is 3.94. The minimum absolute atomic E-state index is 0.305. The van der Waals surface area contributed by atoms with Crippen molar-refractivity contribution in [2.24, 2.45) is 0 Å². The van der Waals surface area contributed by atoms with Gasteiger partial charge in [-0.2, -0.15) is 0 Å². The fourth-order valence-electron chi connectivity index (χ4n) is 3.21. The van der Waals surface area contributed by atoms with Crippen LogP contribution in [0.5, 0.6) is 5.75 Å². The van der Waals surface area contributed by atoms with Crippen molar-refractivity contribution in [3.05, 3.63) is 90.0 Å². The van der Waals surface area contributed by atoms with Crippen LogP contribution in [0.25, 0.3) is 11.1 Å². The molecule has 0 fully saturated rings. The quantitative estimate of drug-likeness (QED) is 0.396. The Bertz CT molecular complexity index is 1020. The molecule has 2 amide bonds. The van der Waals surface area contributed by atoms with Crippen LogP contribution >= 0.6 is 0 Å². The van der Waals surface area contributed by atoms with Crippen LogP contribution in [0.15, 0.2) is 78.9 Å². The van der Waals surface area contributed by atoms with Gasteiger partial charge in [-0.25, -0.2) is 4.79 Å². The number of imide groups is 1. The molecular weight excluding hydrogens is 354 g/mol. The molecule has 0 N–H and O–H groups in total. The molecule has 0 spiro atoms. The second-order valence-electron chi connectivity index (χ2n) is 6.51. The third-order valence-corrected chi connectivity index (χ3v) is 4.73. The maximum Gasteiger partial charge on any atom is 0.334 e. The zero-order valence-electron chi connectivity index (χ0n) is 15.2. The Morgan fingerprint density at radius 3 is 1.82 bits per heavy atom. The van der Waals surface area contributed by atoms with Gasteiger partial charge < -0.3 is 4.74 Å². The summed E-state index contributed by atoms with van der Waals surface area (Å²) in [4.78, 5) is 38.5. The average Bonchev–Trinajstić information content (AvgIpc) is 2.99. The van der Waals surface area contributed by atoms with Gasteiger partial charge in [0.15, 0.2) is 0 Å². The van der Waals surface area contributed by atoms with E-state index in [9.17, 15) is 14.4 Å². The number of fused-ring (bicyclic) bond motifs is 1. The molecule has 1 aliphatic heterocycles. The third kappa shape index (κ3) is 3.07. The number of benzene rings is 3. The topological polar surface area (TPSA) is 63.7 Å². The summed E-state index contributed by atoms with van der Waals surface area (Å²) in [6.07, 6.45) is 0. The van der Waals surface area contributed by atoms with Crippen molar-refractivity contribution in [1.82, 2.24) is 4.90 Å². The molecule has 0 saturated carbocycles. The highest BCUT2D eigenvalue weighted by Crippen LogP contribution is 2.26. The third-order valence-electron chi connectivity index (χ3n) is 4.73. The van der Waals surface area contributed by atoms with Crippen LogP contribution in [-0.4, -0.2) is 28.7 Å². The van der Waals surface area contributed by atoms with Crippen molar-refractivity contribution in [1.29, 1.82) is 0 Å². The first-order valence-corrected chi connectivity index (χ1v) is 8.90. The largest absolute Gasteiger partial charge is 0.425 e. The van der Waals surface area contributed by atoms with Gasteiger partial charge in [-0.3, -0.25) is 14.5 Å². The molecule has 0 aliphatic carbocycles. The summed E-state index contributed by atoms with van der Waals surface area (Å²) in [5.41, 5.74) is 2.66. The minimum atomic E-state index is -1.03. The number of carbonyl (C=O) groups is 3. The fourth-order valence-corrected chi connectivity index (χ4v) is 3.21. The first-order chi connectivity index (χ1) is 13.6. The van der Waals surface area contributed by atoms with Crippen LogP contribution in [0, 0.1) is 0 Å². The summed E-state index contributed by atoms with van der Waals surface area (Å²) in [6.45, 7) is 1.49. The number of ether oxygens (including phenoxy) is 1. The number of rotatable bonds is 4. The molecule has 5 nitrogen and oxygen atoms in total. The molecule has 5 heteroatoms. The van der Waals surface area contributed by atoms with Gasteiger partial charge in [-0.15, -0.1) is 0 Å². The van der Waals surface area contributed by atoms with Crippen LogP contribution in [0.4, 0.5) is 0 Å². The van der Waals surface area contributed by atoms with E-state index in [0.29, 0.717) is 16.9 Å². The van der Waals surface area contributed by atoms with E-state index in [1.165, 1.54) is 6.92 Å². The van der Waals surface area contributed by atoms with E-state index in [-0.39, 0.29) is 0 Å². The monoisotopic (exact) mass is 371 g/mol. The Balaban J connectivity index is 1.48. The molecule has 3 aromatic carbocycles. The van der Waals surface area contributed by atoms with Gasteiger partial charge in [-0.05, 0) is 42.3 Å². The molecular formula is C23H17NO4. The number of esters is 1. The molecule has 1 atom stereocenters. The summed E-state index contributed by atoms with van der Waals surface area (Å²) < 4.78 is 5.39. The Labute approximate surface area is 162 Å². The van der Waals surface area contributed by atoms with Crippen molar-refractivity contribution in [3.63, 3.8) is 0 Å². The van der Waals surface area contributed by atoms with Crippen molar-refractivity contribution in [2.75, 3.05) is 0 Å². The SMILES string of the molecule is CC(C(=O)Oc1ccc(-c2ccccc2)cc1)N1C(=O)c2ccccc2C1=O. The second-order valence-corrected chi connectivity index (χ2v) is 6.51. The maximum atomic E-state index is 12.5. The number of amides is 2. The lowest BCUT2D eigenvalue weighted by atomic mass is 10.1. The Hall–Kier alpha value is -3.73. The highest BCUT2D eigenvalue weighted by molar-refractivity contribution is 6.22. The lowest BCUT2D eigenvalue weighted by Gasteiger charge is -2.20. The van der Waals surface area contributed by atoms with E-state index in [1.807, 2.05) is 42.5 Å². The molecule has 3 aromatic rings. The standard InChI is InChI=1S/C23H17NO4/c1-15(24-21(25)19-9-5-6-10-20(19)22(24)26)23(27)28-18-13-11-17(12-14-18)16-7-3-2-4-8-16/h2-15H,1H3. The molecule has 4 rings (SSSR count). The van der Waals surface area contributed by atoms with E-state index >= 15 is 0 Å². The van der Waals surface area contributed by atoms with E-state index in [0.717, 1.165) is 16.0 Å². The Morgan fingerprint density at radius 2 is 1.25 bits per heavy atom. The average molecular weight is 371 g/mol. The van der Waals surface area contributed by atoms with Gasteiger partial charge in [0, 0.05) is 0 Å². The summed E-state index contributed by atoms with van der Waals surface area (Å²) in [7, 11) is 0. The van der Waals surface area contributed by atoms with E-state index in [4.69, 9.17) is 4.74 Å². The zero-order chi connectivity index (χ0) is 19.7.